The molecule has 0 saturated heterocycles. The van der Waals surface area contributed by atoms with Crippen LogP contribution in [0.25, 0.3) is 78.1 Å². The molecule has 2 aliphatic rings. The van der Waals surface area contributed by atoms with Gasteiger partial charge in [-0.25, -0.2) is 9.97 Å². The number of aromatic nitrogens is 2. The summed E-state index contributed by atoms with van der Waals surface area (Å²) < 4.78 is 0. The van der Waals surface area contributed by atoms with Gasteiger partial charge in [0.15, 0.2) is 0 Å². The molecule has 282 valence electrons. The van der Waals surface area contributed by atoms with Crippen molar-refractivity contribution in [2.75, 3.05) is 0 Å². The van der Waals surface area contributed by atoms with Crippen molar-refractivity contribution in [3.8, 4) is 67.0 Å². The predicted molar refractivity (Wildman–Crippen MR) is 244 cm³/mol. The molecule has 57 heavy (non-hydrogen) atoms. The highest BCUT2D eigenvalue weighted by Gasteiger charge is 2.25. The fourth-order valence-electron chi connectivity index (χ4n) is 8.55. The van der Waals surface area contributed by atoms with E-state index < -0.39 is 0 Å². The summed E-state index contributed by atoms with van der Waals surface area (Å²) in [6.45, 7) is 17.1. The van der Waals surface area contributed by atoms with Crippen LogP contribution < -0.4 is 0 Å². The second kappa shape index (κ2) is 15.4. The highest BCUT2D eigenvalue weighted by molar-refractivity contribution is 6.03. The smallest absolute Gasteiger partial charge is 0.0979 e. The summed E-state index contributed by atoms with van der Waals surface area (Å²) in [5, 5.41) is 0. The molecule has 7 aromatic carbocycles. The molecule has 1 heterocycles. The van der Waals surface area contributed by atoms with Gasteiger partial charge in [-0.1, -0.05) is 200 Å². The van der Waals surface area contributed by atoms with Gasteiger partial charge in [-0.15, -0.1) is 0 Å². The second-order valence-electron chi connectivity index (χ2n) is 15.9. The van der Waals surface area contributed by atoms with E-state index in [1.807, 2.05) is 27.7 Å². The molecule has 0 bridgehead atoms. The zero-order valence-corrected chi connectivity index (χ0v) is 34.7. The van der Waals surface area contributed by atoms with E-state index in [1.165, 1.54) is 66.8 Å². The largest absolute Gasteiger partial charge is 0.243 e. The van der Waals surface area contributed by atoms with Crippen LogP contribution in [0.5, 0.6) is 0 Å². The van der Waals surface area contributed by atoms with Crippen LogP contribution in [0.1, 0.15) is 81.8 Å². The Bertz CT molecular complexity index is 2750. The lowest BCUT2D eigenvalue weighted by Crippen LogP contribution is -2.11. The molecule has 0 N–H and O–H groups in total. The molecular weight excluding hydrogens is 689 g/mol. The lowest BCUT2D eigenvalue weighted by molar-refractivity contribution is 0.590. The standard InChI is InChI=1S/C51H40N2.2C2H6/c1-31-15-19-41-36(25-31)28-37-26-34(16-20-42(37)41)45-23-24-46(35-17-21-43-38(27-35)29-39-30-40(51(2,3)4)18-22-44(39)43)50-49(45)52-47(32-11-7-5-8-12-32)48(53-50)33-13-9-6-10-14-33;2*1-2/h5-27,30H,28-29H2,1-4H3;2*1-2H3. The number of rotatable bonds is 4. The Morgan fingerprint density at radius 1 is 0.386 bits per heavy atom. The summed E-state index contributed by atoms with van der Waals surface area (Å²) in [4.78, 5) is 11.2. The summed E-state index contributed by atoms with van der Waals surface area (Å²) in [6, 6.07) is 53.4. The monoisotopic (exact) mass is 740 g/mol. The van der Waals surface area contributed by atoms with E-state index in [2.05, 4.69) is 173 Å². The highest BCUT2D eigenvalue weighted by atomic mass is 14.8. The Morgan fingerprint density at radius 2 is 0.772 bits per heavy atom. The molecule has 0 unspecified atom stereocenters. The van der Waals surface area contributed by atoms with Crippen LogP contribution in [0.15, 0.2) is 146 Å². The summed E-state index contributed by atoms with van der Waals surface area (Å²) in [7, 11) is 0. The molecule has 0 amide bonds. The Labute approximate surface area is 339 Å². The molecule has 1 aromatic heterocycles. The van der Waals surface area contributed by atoms with Crippen LogP contribution in [-0.2, 0) is 18.3 Å². The first-order valence-corrected chi connectivity index (χ1v) is 20.7. The van der Waals surface area contributed by atoms with Crippen molar-refractivity contribution in [3.63, 3.8) is 0 Å². The lowest BCUT2D eigenvalue weighted by atomic mass is 9.85. The van der Waals surface area contributed by atoms with Crippen molar-refractivity contribution in [1.82, 2.24) is 9.97 Å². The maximum atomic E-state index is 5.61. The van der Waals surface area contributed by atoms with Crippen molar-refractivity contribution in [2.24, 2.45) is 0 Å². The Kier molecular flexibility index (Phi) is 10.2. The molecule has 2 nitrogen and oxygen atoms in total. The maximum Gasteiger partial charge on any atom is 0.0979 e. The molecule has 0 saturated carbocycles. The van der Waals surface area contributed by atoms with E-state index in [9.17, 15) is 0 Å². The quantitative estimate of drug-likeness (QED) is 0.180. The van der Waals surface area contributed by atoms with E-state index in [-0.39, 0.29) is 5.41 Å². The van der Waals surface area contributed by atoms with Gasteiger partial charge in [-0.2, -0.15) is 0 Å². The minimum atomic E-state index is 0.116. The fourth-order valence-corrected chi connectivity index (χ4v) is 8.55. The van der Waals surface area contributed by atoms with Crippen molar-refractivity contribution < 1.29 is 0 Å². The van der Waals surface area contributed by atoms with Gasteiger partial charge in [0.05, 0.1) is 22.4 Å². The second-order valence-corrected chi connectivity index (χ2v) is 15.9. The van der Waals surface area contributed by atoms with Gasteiger partial charge >= 0.3 is 0 Å². The zero-order valence-electron chi connectivity index (χ0n) is 34.7. The van der Waals surface area contributed by atoms with Gasteiger partial charge in [0.1, 0.15) is 0 Å². The Hall–Kier alpha value is -6.12. The molecule has 10 rings (SSSR count). The van der Waals surface area contributed by atoms with E-state index in [0.29, 0.717) is 0 Å². The van der Waals surface area contributed by atoms with Crippen LogP contribution in [-0.4, -0.2) is 9.97 Å². The number of benzene rings is 7. The summed E-state index contributed by atoms with van der Waals surface area (Å²) in [6.07, 6.45) is 1.89. The van der Waals surface area contributed by atoms with Crippen molar-refractivity contribution >= 4 is 11.0 Å². The van der Waals surface area contributed by atoms with Gasteiger partial charge in [-0.05, 0) is 86.4 Å². The molecule has 0 fully saturated rings. The summed E-state index contributed by atoms with van der Waals surface area (Å²) in [5.41, 5.74) is 24.0. The number of fused-ring (bicyclic) bond motifs is 7. The van der Waals surface area contributed by atoms with Crippen molar-refractivity contribution in [2.45, 2.75) is 73.6 Å². The number of hydrogen-bond acceptors (Lipinski definition) is 2. The Balaban J connectivity index is 0.00000110. The van der Waals surface area contributed by atoms with E-state index >= 15 is 0 Å². The van der Waals surface area contributed by atoms with E-state index in [1.54, 1.807) is 0 Å². The van der Waals surface area contributed by atoms with Gasteiger partial charge in [0.25, 0.3) is 0 Å². The average Bonchev–Trinajstić information content (AvgIpc) is 3.81. The van der Waals surface area contributed by atoms with E-state index in [0.717, 1.165) is 57.5 Å². The molecule has 2 aliphatic carbocycles. The molecule has 0 atom stereocenters. The van der Waals surface area contributed by atoms with Gasteiger partial charge in [0.2, 0.25) is 0 Å². The molecule has 2 heteroatoms. The SMILES string of the molecule is CC.CC.Cc1ccc2c(c1)Cc1cc(-c3ccc(-c4ccc5c(c4)Cc4cc(C(C)(C)C)ccc4-5)c4nc(-c5ccccc5)c(-c5ccccc5)nc34)ccc1-2. The minimum absolute atomic E-state index is 0.116. The fraction of sp³-hybridized carbons (Fsp3) is 0.200. The molecule has 0 spiro atoms. The van der Waals surface area contributed by atoms with Crippen LogP contribution in [0.2, 0.25) is 0 Å². The number of hydrogen-bond donors (Lipinski definition) is 0. The number of aryl methyl sites for hydroxylation is 1. The van der Waals surface area contributed by atoms with E-state index in [4.69, 9.17) is 9.97 Å². The third kappa shape index (κ3) is 6.88. The average molecular weight is 741 g/mol. The zero-order chi connectivity index (χ0) is 39.8. The third-order valence-corrected chi connectivity index (χ3v) is 11.3. The lowest BCUT2D eigenvalue weighted by Gasteiger charge is -2.20. The first kappa shape index (κ1) is 37.8. The molecule has 0 aliphatic heterocycles. The molecule has 8 aromatic rings. The summed E-state index contributed by atoms with van der Waals surface area (Å²) >= 11 is 0. The normalized spacial score (nSPS) is 12.1. The summed E-state index contributed by atoms with van der Waals surface area (Å²) in [5.74, 6) is 0. The van der Waals surface area contributed by atoms with Crippen LogP contribution in [0.4, 0.5) is 0 Å². The Morgan fingerprint density at radius 3 is 1.23 bits per heavy atom. The highest BCUT2D eigenvalue weighted by Crippen LogP contribution is 2.45. The molecular formula is C55H52N2. The van der Waals surface area contributed by atoms with Crippen molar-refractivity contribution in [3.05, 3.63) is 179 Å². The van der Waals surface area contributed by atoms with Crippen molar-refractivity contribution in [1.29, 1.82) is 0 Å². The topological polar surface area (TPSA) is 25.8 Å². The van der Waals surface area contributed by atoms with Gasteiger partial charge in [-0.3, -0.25) is 0 Å². The first-order valence-electron chi connectivity index (χ1n) is 20.7. The van der Waals surface area contributed by atoms with Crippen LogP contribution in [0, 0.1) is 6.92 Å². The van der Waals surface area contributed by atoms with Gasteiger partial charge in [0, 0.05) is 22.3 Å². The predicted octanol–water partition coefficient (Wildman–Crippen LogP) is 15.1. The van der Waals surface area contributed by atoms with Gasteiger partial charge < -0.3 is 0 Å². The van der Waals surface area contributed by atoms with Crippen LogP contribution in [0.3, 0.4) is 0 Å². The minimum Gasteiger partial charge on any atom is -0.243 e. The number of nitrogens with zero attached hydrogens (tertiary/aromatic N) is 2. The first-order chi connectivity index (χ1) is 27.8. The third-order valence-electron chi connectivity index (χ3n) is 11.3. The molecule has 0 radical (unpaired) electrons. The maximum absolute atomic E-state index is 5.61. The van der Waals surface area contributed by atoms with Crippen LogP contribution >= 0.6 is 0 Å².